The van der Waals surface area contributed by atoms with E-state index in [1.165, 1.54) is 4.90 Å². The number of nitrogens with zero attached hydrogens (tertiary/aromatic N) is 3. The van der Waals surface area contributed by atoms with Crippen LogP contribution in [0.2, 0.25) is 0 Å². The summed E-state index contributed by atoms with van der Waals surface area (Å²) in [6, 6.07) is 14.9. The highest BCUT2D eigenvalue weighted by Crippen LogP contribution is 2.35. The fourth-order valence-electron chi connectivity index (χ4n) is 4.48. The number of hydrogen-bond acceptors (Lipinski definition) is 10. The van der Waals surface area contributed by atoms with Gasteiger partial charge in [-0.15, -0.1) is 0 Å². The fourth-order valence-corrected chi connectivity index (χ4v) is 5.29. The Hall–Kier alpha value is -3.73. The van der Waals surface area contributed by atoms with Gasteiger partial charge in [0, 0.05) is 26.2 Å². The predicted molar refractivity (Wildman–Crippen MR) is 162 cm³/mol. The van der Waals surface area contributed by atoms with Crippen LogP contribution in [0.5, 0.6) is 0 Å². The fraction of sp³-hybridized carbons (Fsp3) is 0.448. The van der Waals surface area contributed by atoms with E-state index < -0.39 is 62.9 Å². The number of rotatable bonds is 24. The molecule has 254 valence electrons. The molecule has 0 spiro atoms. The van der Waals surface area contributed by atoms with Crippen LogP contribution >= 0.6 is 7.60 Å². The number of carbonyl (C=O) groups is 4. The second-order valence-electron chi connectivity index (χ2n) is 10.4. The quantitative estimate of drug-likeness (QED) is 0.0837. The van der Waals surface area contributed by atoms with E-state index in [9.17, 15) is 54.0 Å². The van der Waals surface area contributed by atoms with Crippen LogP contribution in [0.15, 0.2) is 60.7 Å². The molecule has 0 radical (unpaired) electrons. The molecule has 46 heavy (non-hydrogen) atoms. The number of ether oxygens (including phenoxy) is 2. The van der Waals surface area contributed by atoms with E-state index in [1.807, 2.05) is 0 Å². The Labute approximate surface area is 265 Å². The van der Waals surface area contributed by atoms with Crippen molar-refractivity contribution in [2.75, 3.05) is 58.8 Å². The first-order valence-electron chi connectivity index (χ1n) is 14.1. The van der Waals surface area contributed by atoms with Gasteiger partial charge in [-0.05, 0) is 11.1 Å². The summed E-state index contributed by atoms with van der Waals surface area (Å²) < 4.78 is 23.0. The van der Waals surface area contributed by atoms with Gasteiger partial charge in [-0.3, -0.25) is 38.4 Å². The van der Waals surface area contributed by atoms with Crippen molar-refractivity contribution < 1.29 is 63.4 Å². The second kappa shape index (κ2) is 19.7. The van der Waals surface area contributed by atoms with Crippen molar-refractivity contribution in [2.24, 2.45) is 0 Å². The number of benzene rings is 2. The molecule has 0 saturated carbocycles. The largest absolute Gasteiger partial charge is 0.480 e. The molecule has 17 heteroatoms. The summed E-state index contributed by atoms with van der Waals surface area (Å²) in [6.07, 6.45) is -0.834. The van der Waals surface area contributed by atoms with Gasteiger partial charge in [0.15, 0.2) is 0 Å². The van der Waals surface area contributed by atoms with Gasteiger partial charge in [0.25, 0.3) is 0 Å². The molecule has 0 unspecified atom stereocenters. The monoisotopic (exact) mass is 669 g/mol. The van der Waals surface area contributed by atoms with Gasteiger partial charge in [-0.1, -0.05) is 60.7 Å². The maximum absolute atomic E-state index is 12.1. The van der Waals surface area contributed by atoms with E-state index in [4.69, 9.17) is 9.47 Å². The Morgan fingerprint density at radius 3 is 1.30 bits per heavy atom. The maximum Gasteiger partial charge on any atom is 0.339 e. The predicted octanol–water partition coefficient (Wildman–Crippen LogP) is 0.537. The zero-order valence-electron chi connectivity index (χ0n) is 25.0. The lowest BCUT2D eigenvalue weighted by Gasteiger charge is -2.33. The van der Waals surface area contributed by atoms with Gasteiger partial charge in [0.1, 0.15) is 18.4 Å². The molecule has 0 aliphatic rings. The lowest BCUT2D eigenvalue weighted by atomic mass is 10.2. The first-order chi connectivity index (χ1) is 21.7. The minimum Gasteiger partial charge on any atom is -0.480 e. The Kier molecular flexibility index (Phi) is 16.5. The van der Waals surface area contributed by atoms with Crippen molar-refractivity contribution >= 4 is 31.5 Å². The normalized spacial score (nSPS) is 13.2. The summed E-state index contributed by atoms with van der Waals surface area (Å²) in [5, 5.41) is 38.6. The van der Waals surface area contributed by atoms with Crippen molar-refractivity contribution in [1.29, 1.82) is 0 Å². The highest BCUT2D eigenvalue weighted by molar-refractivity contribution is 7.51. The van der Waals surface area contributed by atoms with Crippen LogP contribution in [0.3, 0.4) is 0 Å². The number of aliphatic carboxylic acids is 4. The second-order valence-corrected chi connectivity index (χ2v) is 12.0. The molecule has 0 amide bonds. The SMILES string of the molecule is O=C(O)CN(CCN(CCN(CC(=O)O)[C@@H](COCc1ccccc1)C(=O)O)CP(=O)(O)O)[C@H](COCc1ccccc1)C(=O)O. The lowest BCUT2D eigenvalue weighted by Crippen LogP contribution is -2.51. The zero-order chi connectivity index (χ0) is 34.1. The summed E-state index contributed by atoms with van der Waals surface area (Å²) in [5.74, 6) is -5.43. The number of carboxylic acid groups (broad SMARTS) is 4. The van der Waals surface area contributed by atoms with E-state index in [1.54, 1.807) is 60.7 Å². The highest BCUT2D eigenvalue weighted by atomic mass is 31.2. The minimum atomic E-state index is -4.71. The van der Waals surface area contributed by atoms with Crippen LogP contribution in [0, 0.1) is 0 Å². The smallest absolute Gasteiger partial charge is 0.339 e. The molecular formula is C29H40N3O13P. The first-order valence-corrected chi connectivity index (χ1v) is 15.9. The molecule has 0 aliphatic carbocycles. The van der Waals surface area contributed by atoms with Crippen LogP contribution in [0.25, 0.3) is 0 Å². The Bertz CT molecular complexity index is 1210. The molecule has 0 heterocycles. The molecular weight excluding hydrogens is 629 g/mol. The Balaban J connectivity index is 2.14. The third-order valence-corrected chi connectivity index (χ3v) is 7.46. The number of carboxylic acids is 4. The van der Waals surface area contributed by atoms with Crippen LogP contribution in [-0.4, -0.2) is 140 Å². The van der Waals surface area contributed by atoms with Gasteiger partial charge in [0.05, 0.1) is 39.5 Å². The van der Waals surface area contributed by atoms with Crippen molar-refractivity contribution in [3.05, 3.63) is 71.8 Å². The van der Waals surface area contributed by atoms with E-state index in [2.05, 4.69) is 0 Å². The van der Waals surface area contributed by atoms with E-state index in [-0.39, 0.29) is 52.6 Å². The first kappa shape index (κ1) is 38.5. The molecule has 0 fully saturated rings. The van der Waals surface area contributed by atoms with Crippen LogP contribution in [0.1, 0.15) is 11.1 Å². The third-order valence-electron chi connectivity index (χ3n) is 6.69. The summed E-state index contributed by atoms with van der Waals surface area (Å²) in [5.41, 5.74) is 1.53. The van der Waals surface area contributed by atoms with Crippen LogP contribution < -0.4 is 0 Å². The molecule has 2 atom stereocenters. The molecule has 0 aromatic heterocycles. The van der Waals surface area contributed by atoms with E-state index in [0.29, 0.717) is 0 Å². The molecule has 6 N–H and O–H groups in total. The van der Waals surface area contributed by atoms with Gasteiger partial charge in [0.2, 0.25) is 0 Å². The van der Waals surface area contributed by atoms with Crippen molar-refractivity contribution in [3.8, 4) is 0 Å². The molecule has 2 aromatic carbocycles. The van der Waals surface area contributed by atoms with Crippen molar-refractivity contribution in [2.45, 2.75) is 25.3 Å². The summed E-state index contributed by atoms with van der Waals surface area (Å²) in [6.45, 7) is -3.13. The van der Waals surface area contributed by atoms with Crippen molar-refractivity contribution in [3.63, 3.8) is 0 Å². The van der Waals surface area contributed by atoms with Gasteiger partial charge in [-0.2, -0.15) is 0 Å². The summed E-state index contributed by atoms with van der Waals surface area (Å²) >= 11 is 0. The molecule has 2 rings (SSSR count). The minimum absolute atomic E-state index is 0.0646. The third kappa shape index (κ3) is 15.5. The average Bonchev–Trinajstić information content (AvgIpc) is 2.97. The van der Waals surface area contributed by atoms with E-state index in [0.717, 1.165) is 20.9 Å². The van der Waals surface area contributed by atoms with Crippen molar-refractivity contribution in [1.82, 2.24) is 14.7 Å². The molecule has 16 nitrogen and oxygen atoms in total. The molecule has 2 aromatic rings. The Morgan fingerprint density at radius 2 is 1.00 bits per heavy atom. The standard InChI is InChI=1S/C29H40N3O13P/c33-26(34)15-31(24(28(37)38)19-44-17-22-7-3-1-4-8-22)13-11-30(21-46(41,42)43)12-14-32(16-27(35)36)25(29(39)40)20-45-18-23-9-5-2-6-10-23/h1-10,24-25H,11-21H2,(H,33,34)(H,35,36)(H,37,38)(H,39,40)(H2,41,42,43)/t24-,25+. The van der Waals surface area contributed by atoms with Gasteiger partial charge >= 0.3 is 31.5 Å². The van der Waals surface area contributed by atoms with Gasteiger partial charge in [-0.25, -0.2) is 0 Å². The Morgan fingerprint density at radius 1 is 0.630 bits per heavy atom. The topological polar surface area (TPSA) is 235 Å². The summed E-state index contributed by atoms with van der Waals surface area (Å²) in [7, 11) is -4.71. The van der Waals surface area contributed by atoms with Gasteiger partial charge < -0.3 is 39.7 Å². The van der Waals surface area contributed by atoms with Crippen LogP contribution in [-0.2, 0) is 46.4 Å². The average molecular weight is 670 g/mol. The summed E-state index contributed by atoms with van der Waals surface area (Å²) in [4.78, 5) is 70.1. The van der Waals surface area contributed by atoms with Crippen LogP contribution in [0.4, 0.5) is 0 Å². The maximum atomic E-state index is 12.1. The molecule has 0 bridgehead atoms. The zero-order valence-corrected chi connectivity index (χ0v) is 25.9. The highest BCUT2D eigenvalue weighted by Gasteiger charge is 2.31. The molecule has 0 aliphatic heterocycles. The number of hydrogen-bond donors (Lipinski definition) is 6. The van der Waals surface area contributed by atoms with E-state index >= 15 is 0 Å². The lowest BCUT2D eigenvalue weighted by molar-refractivity contribution is -0.150. The molecule has 0 saturated heterocycles.